The van der Waals surface area contributed by atoms with Gasteiger partial charge in [-0.25, -0.2) is 0 Å². The van der Waals surface area contributed by atoms with E-state index in [1.54, 1.807) is 0 Å². The molecule has 4 heteroatoms. The molecule has 1 saturated carbocycles. The molecule has 0 unspecified atom stereocenters. The van der Waals surface area contributed by atoms with Crippen LogP contribution in [0.1, 0.15) is 19.3 Å². The van der Waals surface area contributed by atoms with Crippen molar-refractivity contribution in [2.75, 3.05) is 4.55 Å². The van der Waals surface area contributed by atoms with Crippen molar-refractivity contribution in [3.8, 4) is 0 Å². The van der Waals surface area contributed by atoms with Gasteiger partial charge in [-0.3, -0.25) is 4.79 Å². The molecule has 0 saturated heterocycles. The Balaban J connectivity index is 2.29. The molecule has 64 valence electrons. The quantitative estimate of drug-likeness (QED) is 0.460. The van der Waals surface area contributed by atoms with Crippen molar-refractivity contribution >= 4 is 28.6 Å². The van der Waals surface area contributed by atoms with Crippen LogP contribution in [-0.2, 0) is 4.79 Å². The molecule has 1 fully saturated rings. The van der Waals surface area contributed by atoms with Crippen molar-refractivity contribution in [1.82, 2.24) is 5.32 Å². The maximum Gasteiger partial charge on any atom is 0.306 e. The van der Waals surface area contributed by atoms with Crippen LogP contribution in [0.4, 0.5) is 0 Å². The van der Waals surface area contributed by atoms with Gasteiger partial charge in [0, 0.05) is 10.6 Å². The molecule has 0 aliphatic heterocycles. The van der Waals surface area contributed by atoms with Gasteiger partial charge >= 0.3 is 5.97 Å². The minimum atomic E-state index is -0.636. The van der Waals surface area contributed by atoms with Crippen molar-refractivity contribution in [2.45, 2.75) is 25.3 Å². The molecule has 0 amide bonds. The van der Waals surface area contributed by atoms with Crippen LogP contribution in [0.15, 0.2) is 0 Å². The number of rotatable bonds is 3. The van der Waals surface area contributed by atoms with Gasteiger partial charge in [-0.15, -0.1) is 0 Å². The Bertz CT molecular complexity index is 151. The van der Waals surface area contributed by atoms with Crippen molar-refractivity contribution in [3.63, 3.8) is 0 Å². The normalized spacial score (nSPS) is 30.6. The summed E-state index contributed by atoms with van der Waals surface area (Å²) < 4.78 is 0.911. The van der Waals surface area contributed by atoms with E-state index in [1.807, 2.05) is 0 Å². The average Bonchev–Trinajstić information content (AvgIpc) is 2.37. The Morgan fingerprint density at radius 1 is 1.64 bits per heavy atom. The average molecular weight is 269 g/mol. The Morgan fingerprint density at radius 3 is 2.82 bits per heavy atom. The van der Waals surface area contributed by atoms with E-state index < -0.39 is 5.97 Å². The van der Waals surface area contributed by atoms with Gasteiger partial charge in [0.25, 0.3) is 0 Å². The molecule has 11 heavy (non-hydrogen) atoms. The van der Waals surface area contributed by atoms with Crippen molar-refractivity contribution in [1.29, 1.82) is 0 Å². The molecular weight excluding hydrogens is 257 g/mol. The van der Waals surface area contributed by atoms with E-state index in [-0.39, 0.29) is 5.92 Å². The highest BCUT2D eigenvalue weighted by molar-refractivity contribution is 14.1. The molecule has 0 spiro atoms. The molecule has 0 aromatic heterocycles. The Morgan fingerprint density at radius 2 is 2.36 bits per heavy atom. The zero-order chi connectivity index (χ0) is 8.27. The van der Waals surface area contributed by atoms with Crippen LogP contribution in [0.3, 0.4) is 0 Å². The summed E-state index contributed by atoms with van der Waals surface area (Å²) in [7, 11) is 0. The molecule has 1 aliphatic rings. The fourth-order valence-corrected chi connectivity index (χ4v) is 2.12. The van der Waals surface area contributed by atoms with Crippen LogP contribution in [0.5, 0.6) is 0 Å². The van der Waals surface area contributed by atoms with Crippen LogP contribution in [0.2, 0.25) is 0 Å². The lowest BCUT2D eigenvalue weighted by atomic mass is 10.1. The maximum absolute atomic E-state index is 10.5. The maximum atomic E-state index is 10.5. The number of hydrogen-bond acceptors (Lipinski definition) is 2. The number of halogens is 1. The SMILES string of the molecule is O=C(O)[C@@H]1CC[C@H](NCI)C1. The summed E-state index contributed by atoms with van der Waals surface area (Å²) in [6.07, 6.45) is 2.65. The molecule has 0 radical (unpaired) electrons. The van der Waals surface area contributed by atoms with Crippen LogP contribution >= 0.6 is 22.6 Å². The Hall–Kier alpha value is 0.160. The van der Waals surface area contributed by atoms with E-state index in [1.165, 1.54) is 0 Å². The van der Waals surface area contributed by atoms with Crippen LogP contribution < -0.4 is 5.32 Å². The van der Waals surface area contributed by atoms with Gasteiger partial charge in [0.05, 0.1) is 5.92 Å². The summed E-state index contributed by atoms with van der Waals surface area (Å²) >= 11 is 2.24. The third-order valence-corrected chi connectivity index (χ3v) is 2.59. The van der Waals surface area contributed by atoms with Crippen molar-refractivity contribution in [2.24, 2.45) is 5.92 Å². The Kier molecular flexibility index (Phi) is 3.58. The fraction of sp³-hybridized carbons (Fsp3) is 0.857. The first-order chi connectivity index (χ1) is 5.24. The second-order valence-electron chi connectivity index (χ2n) is 2.88. The zero-order valence-electron chi connectivity index (χ0n) is 6.22. The predicted molar refractivity (Wildman–Crippen MR) is 50.8 cm³/mol. The summed E-state index contributed by atoms with van der Waals surface area (Å²) in [6, 6.07) is 0.438. The van der Waals surface area contributed by atoms with E-state index in [4.69, 9.17) is 5.11 Å². The minimum Gasteiger partial charge on any atom is -0.481 e. The van der Waals surface area contributed by atoms with Gasteiger partial charge < -0.3 is 10.4 Å². The van der Waals surface area contributed by atoms with Crippen molar-refractivity contribution < 1.29 is 9.90 Å². The first-order valence-electron chi connectivity index (χ1n) is 3.76. The number of aliphatic carboxylic acids is 1. The van der Waals surface area contributed by atoms with E-state index >= 15 is 0 Å². The topological polar surface area (TPSA) is 49.3 Å². The number of carbonyl (C=O) groups is 1. The largest absolute Gasteiger partial charge is 0.481 e. The van der Waals surface area contributed by atoms with Gasteiger partial charge in [-0.05, 0) is 19.3 Å². The lowest BCUT2D eigenvalue weighted by Crippen LogP contribution is -2.25. The molecule has 2 N–H and O–H groups in total. The molecule has 0 bridgehead atoms. The van der Waals surface area contributed by atoms with E-state index in [2.05, 4.69) is 27.9 Å². The highest BCUT2D eigenvalue weighted by Crippen LogP contribution is 2.25. The monoisotopic (exact) mass is 269 g/mol. The summed E-state index contributed by atoms with van der Waals surface area (Å²) in [5, 5.41) is 11.9. The van der Waals surface area contributed by atoms with Crippen LogP contribution in [0, 0.1) is 5.92 Å². The number of nitrogens with one attached hydrogen (secondary N) is 1. The Labute approximate surface area is 79.7 Å². The van der Waals surface area contributed by atoms with Gasteiger partial charge in [0.15, 0.2) is 0 Å². The summed E-state index contributed by atoms with van der Waals surface area (Å²) in [4.78, 5) is 10.5. The van der Waals surface area contributed by atoms with E-state index in [9.17, 15) is 4.79 Å². The predicted octanol–water partition coefficient (Wildman–Crippen LogP) is 1.22. The molecule has 1 aliphatic carbocycles. The number of carboxylic acids is 1. The van der Waals surface area contributed by atoms with Gasteiger partial charge in [-0.2, -0.15) is 0 Å². The first kappa shape index (κ1) is 9.25. The second kappa shape index (κ2) is 4.25. The van der Waals surface area contributed by atoms with E-state index in [0.29, 0.717) is 6.04 Å². The molecule has 0 heterocycles. The summed E-state index contributed by atoms with van der Waals surface area (Å²) in [6.45, 7) is 0. The smallest absolute Gasteiger partial charge is 0.306 e. The molecule has 2 atom stereocenters. The molecule has 3 nitrogen and oxygen atoms in total. The molecule has 0 aromatic rings. The van der Waals surface area contributed by atoms with Crippen molar-refractivity contribution in [3.05, 3.63) is 0 Å². The molecule has 0 aromatic carbocycles. The summed E-state index contributed by atoms with van der Waals surface area (Å²) in [5.74, 6) is -0.738. The summed E-state index contributed by atoms with van der Waals surface area (Å²) in [5.41, 5.74) is 0. The number of hydrogen-bond donors (Lipinski definition) is 2. The van der Waals surface area contributed by atoms with Gasteiger partial charge in [0.2, 0.25) is 0 Å². The number of alkyl halides is 1. The van der Waals surface area contributed by atoms with E-state index in [0.717, 1.165) is 23.8 Å². The lowest BCUT2D eigenvalue weighted by Gasteiger charge is -2.08. The third-order valence-electron chi connectivity index (χ3n) is 2.15. The number of carboxylic acid groups (broad SMARTS) is 1. The molecular formula is C7H12INO2. The minimum absolute atomic E-state index is 0.101. The second-order valence-corrected chi connectivity index (χ2v) is 3.65. The highest BCUT2D eigenvalue weighted by atomic mass is 127. The first-order valence-corrected chi connectivity index (χ1v) is 5.28. The zero-order valence-corrected chi connectivity index (χ0v) is 8.37. The van der Waals surface area contributed by atoms with Crippen LogP contribution in [-0.4, -0.2) is 21.7 Å². The fourth-order valence-electron chi connectivity index (χ4n) is 1.50. The standard InChI is InChI=1S/C7H12INO2/c8-4-9-6-2-1-5(3-6)7(10)11/h5-6,9H,1-4H2,(H,10,11)/t5-,6+/m1/s1. The lowest BCUT2D eigenvalue weighted by molar-refractivity contribution is -0.141. The van der Waals surface area contributed by atoms with Gasteiger partial charge in [-0.1, -0.05) is 22.6 Å². The third kappa shape index (κ3) is 2.59. The van der Waals surface area contributed by atoms with Gasteiger partial charge in [0.1, 0.15) is 0 Å². The molecule has 1 rings (SSSR count). The highest BCUT2D eigenvalue weighted by Gasteiger charge is 2.28. The van der Waals surface area contributed by atoms with Crippen LogP contribution in [0.25, 0.3) is 0 Å².